The van der Waals surface area contributed by atoms with Gasteiger partial charge in [0, 0.05) is 12.5 Å². The standard InChI is InChI=1S/C18H23NO5/c20-17(13-2-1-3-14(11-13)18(21)22)19-7-6-12-4-5-15-16(10-12)24-9-8-23-15/h4-5,10,13-14H,1-3,6-9,11H2,(H,19,20)(H,21,22)/t13-,14+/m1/s1. The zero-order chi connectivity index (χ0) is 16.9. The molecule has 6 nitrogen and oxygen atoms in total. The van der Waals surface area contributed by atoms with E-state index in [-0.39, 0.29) is 17.7 Å². The van der Waals surface area contributed by atoms with Crippen LogP contribution in [0.2, 0.25) is 0 Å². The summed E-state index contributed by atoms with van der Waals surface area (Å²) in [4.78, 5) is 23.3. The van der Waals surface area contributed by atoms with Crippen molar-refractivity contribution in [3.8, 4) is 11.5 Å². The minimum absolute atomic E-state index is 0.0292. The van der Waals surface area contributed by atoms with E-state index in [0.717, 1.165) is 29.9 Å². The summed E-state index contributed by atoms with van der Waals surface area (Å²) in [5.41, 5.74) is 1.08. The van der Waals surface area contributed by atoms with Gasteiger partial charge in [0.15, 0.2) is 11.5 Å². The predicted molar refractivity (Wildman–Crippen MR) is 87.2 cm³/mol. The number of hydrogen-bond donors (Lipinski definition) is 2. The van der Waals surface area contributed by atoms with Crippen molar-refractivity contribution < 1.29 is 24.2 Å². The predicted octanol–water partition coefficient (Wildman–Crippen LogP) is 2.01. The van der Waals surface area contributed by atoms with Crippen LogP contribution in [0.5, 0.6) is 11.5 Å². The molecule has 0 saturated heterocycles. The molecule has 1 saturated carbocycles. The molecule has 1 aliphatic heterocycles. The van der Waals surface area contributed by atoms with Crippen LogP contribution in [0.3, 0.4) is 0 Å². The number of benzene rings is 1. The molecule has 1 aromatic carbocycles. The van der Waals surface area contributed by atoms with E-state index in [1.54, 1.807) is 0 Å². The highest BCUT2D eigenvalue weighted by Gasteiger charge is 2.30. The second-order valence-corrected chi connectivity index (χ2v) is 6.42. The Kier molecular flexibility index (Phi) is 5.23. The second kappa shape index (κ2) is 7.55. The first-order valence-electron chi connectivity index (χ1n) is 8.52. The van der Waals surface area contributed by atoms with Gasteiger partial charge in [-0.3, -0.25) is 9.59 Å². The van der Waals surface area contributed by atoms with Gasteiger partial charge in [-0.15, -0.1) is 0 Å². The molecule has 1 aromatic rings. The van der Waals surface area contributed by atoms with Gasteiger partial charge in [-0.25, -0.2) is 0 Å². The topological polar surface area (TPSA) is 84.9 Å². The van der Waals surface area contributed by atoms with Crippen molar-refractivity contribution in [2.24, 2.45) is 11.8 Å². The Morgan fingerprint density at radius 1 is 1.12 bits per heavy atom. The monoisotopic (exact) mass is 333 g/mol. The van der Waals surface area contributed by atoms with E-state index in [2.05, 4.69) is 5.32 Å². The van der Waals surface area contributed by atoms with Crippen LogP contribution in [-0.2, 0) is 16.0 Å². The molecule has 0 spiro atoms. The van der Waals surface area contributed by atoms with Crippen LogP contribution in [0.4, 0.5) is 0 Å². The van der Waals surface area contributed by atoms with Crippen LogP contribution >= 0.6 is 0 Å². The summed E-state index contributed by atoms with van der Waals surface area (Å²) < 4.78 is 11.0. The van der Waals surface area contributed by atoms with Crippen LogP contribution in [0.15, 0.2) is 18.2 Å². The summed E-state index contributed by atoms with van der Waals surface area (Å²) in [6.45, 7) is 1.66. The Bertz CT molecular complexity index is 615. The molecule has 2 aliphatic rings. The maximum atomic E-state index is 12.2. The summed E-state index contributed by atoms with van der Waals surface area (Å²) in [5, 5.41) is 12.0. The summed E-state index contributed by atoms with van der Waals surface area (Å²) in [6.07, 6.45) is 3.41. The highest BCUT2D eigenvalue weighted by Crippen LogP contribution is 2.31. The van der Waals surface area contributed by atoms with Crippen molar-refractivity contribution >= 4 is 11.9 Å². The highest BCUT2D eigenvalue weighted by molar-refractivity contribution is 5.80. The summed E-state index contributed by atoms with van der Waals surface area (Å²) in [6, 6.07) is 5.81. The molecule has 1 aliphatic carbocycles. The molecule has 2 N–H and O–H groups in total. The van der Waals surface area contributed by atoms with Crippen molar-refractivity contribution in [1.82, 2.24) is 5.32 Å². The Hall–Kier alpha value is -2.24. The largest absolute Gasteiger partial charge is 0.486 e. The fourth-order valence-electron chi connectivity index (χ4n) is 3.37. The number of carboxylic acids is 1. The SMILES string of the molecule is O=C(O)[C@H]1CCC[C@@H](C(=O)NCCc2ccc3c(c2)OCCO3)C1. The van der Waals surface area contributed by atoms with E-state index in [9.17, 15) is 9.59 Å². The molecule has 24 heavy (non-hydrogen) atoms. The van der Waals surface area contributed by atoms with Crippen LogP contribution < -0.4 is 14.8 Å². The van der Waals surface area contributed by atoms with E-state index < -0.39 is 5.97 Å². The lowest BCUT2D eigenvalue weighted by molar-refractivity contribution is -0.144. The molecule has 6 heteroatoms. The first kappa shape index (κ1) is 16.6. The number of amides is 1. The van der Waals surface area contributed by atoms with Gasteiger partial charge in [0.1, 0.15) is 13.2 Å². The van der Waals surface area contributed by atoms with Gasteiger partial charge in [0.2, 0.25) is 5.91 Å². The van der Waals surface area contributed by atoms with Crippen molar-refractivity contribution in [2.75, 3.05) is 19.8 Å². The number of carbonyl (C=O) groups excluding carboxylic acids is 1. The van der Waals surface area contributed by atoms with Crippen molar-refractivity contribution in [3.05, 3.63) is 23.8 Å². The number of ether oxygens (including phenoxy) is 2. The number of aliphatic carboxylic acids is 1. The molecule has 0 bridgehead atoms. The summed E-state index contributed by atoms with van der Waals surface area (Å²) >= 11 is 0. The normalized spacial score (nSPS) is 22.7. The Labute approximate surface area is 141 Å². The van der Waals surface area contributed by atoms with Gasteiger partial charge < -0.3 is 19.9 Å². The number of rotatable bonds is 5. The third-order valence-electron chi connectivity index (χ3n) is 4.71. The molecule has 0 radical (unpaired) electrons. The fraction of sp³-hybridized carbons (Fsp3) is 0.556. The smallest absolute Gasteiger partial charge is 0.306 e. The molecular formula is C18H23NO5. The summed E-state index contributed by atoms with van der Waals surface area (Å²) in [5.74, 6) is 0.132. The number of carboxylic acid groups (broad SMARTS) is 1. The van der Waals surface area contributed by atoms with E-state index in [0.29, 0.717) is 39.0 Å². The maximum Gasteiger partial charge on any atom is 0.306 e. The highest BCUT2D eigenvalue weighted by atomic mass is 16.6. The van der Waals surface area contributed by atoms with Crippen LogP contribution in [0.25, 0.3) is 0 Å². The molecule has 1 fully saturated rings. The fourth-order valence-corrected chi connectivity index (χ4v) is 3.37. The van der Waals surface area contributed by atoms with Gasteiger partial charge >= 0.3 is 5.97 Å². The van der Waals surface area contributed by atoms with Crippen molar-refractivity contribution in [1.29, 1.82) is 0 Å². The molecule has 0 unspecified atom stereocenters. The Balaban J connectivity index is 1.47. The molecule has 2 atom stereocenters. The second-order valence-electron chi connectivity index (χ2n) is 6.42. The van der Waals surface area contributed by atoms with Crippen molar-refractivity contribution in [2.45, 2.75) is 32.1 Å². The van der Waals surface area contributed by atoms with Crippen molar-refractivity contribution in [3.63, 3.8) is 0 Å². The molecule has 130 valence electrons. The van der Waals surface area contributed by atoms with E-state index in [1.807, 2.05) is 18.2 Å². The lowest BCUT2D eigenvalue weighted by Gasteiger charge is -2.25. The quantitative estimate of drug-likeness (QED) is 0.861. The minimum Gasteiger partial charge on any atom is -0.486 e. The van der Waals surface area contributed by atoms with Crippen LogP contribution in [-0.4, -0.2) is 36.7 Å². The molecular weight excluding hydrogens is 310 g/mol. The molecule has 3 rings (SSSR count). The van der Waals surface area contributed by atoms with E-state index >= 15 is 0 Å². The zero-order valence-corrected chi connectivity index (χ0v) is 13.6. The molecule has 0 aromatic heterocycles. The van der Waals surface area contributed by atoms with E-state index in [1.165, 1.54) is 0 Å². The molecule has 1 amide bonds. The lowest BCUT2D eigenvalue weighted by Crippen LogP contribution is -2.36. The zero-order valence-electron chi connectivity index (χ0n) is 13.6. The average molecular weight is 333 g/mol. The number of nitrogens with one attached hydrogen (secondary N) is 1. The Morgan fingerprint density at radius 2 is 1.88 bits per heavy atom. The summed E-state index contributed by atoms with van der Waals surface area (Å²) in [7, 11) is 0. The number of fused-ring (bicyclic) bond motifs is 1. The Morgan fingerprint density at radius 3 is 2.67 bits per heavy atom. The van der Waals surface area contributed by atoms with Gasteiger partial charge in [-0.2, -0.15) is 0 Å². The van der Waals surface area contributed by atoms with Crippen LogP contribution in [0.1, 0.15) is 31.2 Å². The van der Waals surface area contributed by atoms with Gasteiger partial charge in [0.25, 0.3) is 0 Å². The maximum absolute atomic E-state index is 12.2. The number of hydrogen-bond acceptors (Lipinski definition) is 4. The first-order valence-corrected chi connectivity index (χ1v) is 8.52. The first-order chi connectivity index (χ1) is 11.6. The van der Waals surface area contributed by atoms with Crippen LogP contribution in [0, 0.1) is 11.8 Å². The van der Waals surface area contributed by atoms with E-state index in [4.69, 9.17) is 14.6 Å². The molecule has 1 heterocycles. The average Bonchev–Trinajstić information content (AvgIpc) is 2.61. The van der Waals surface area contributed by atoms with Gasteiger partial charge in [0.05, 0.1) is 5.92 Å². The minimum atomic E-state index is -0.788. The van der Waals surface area contributed by atoms with Gasteiger partial charge in [-0.1, -0.05) is 12.5 Å². The number of carbonyl (C=O) groups is 2. The third kappa shape index (κ3) is 3.99. The lowest BCUT2D eigenvalue weighted by atomic mass is 9.81. The third-order valence-corrected chi connectivity index (χ3v) is 4.71. The van der Waals surface area contributed by atoms with Gasteiger partial charge in [-0.05, 0) is 43.4 Å².